The number of hydrogen-bond donors (Lipinski definition) is 0. The third-order valence-corrected chi connectivity index (χ3v) is 8.08. The van der Waals surface area contributed by atoms with E-state index in [0.717, 1.165) is 5.56 Å². The van der Waals surface area contributed by atoms with Crippen LogP contribution in [0.2, 0.25) is 0 Å². The molecule has 7 heteroatoms. The molecule has 0 spiro atoms. The second kappa shape index (κ2) is 7.90. The first-order chi connectivity index (χ1) is 12.4. The summed E-state index contributed by atoms with van der Waals surface area (Å²) in [6.45, 7) is 3.41. The molecule has 1 aromatic carbocycles. The fourth-order valence-corrected chi connectivity index (χ4v) is 5.85. The van der Waals surface area contributed by atoms with E-state index in [1.165, 1.54) is 21.2 Å². The van der Waals surface area contributed by atoms with Crippen molar-refractivity contribution in [3.05, 3.63) is 52.9 Å². The Labute approximate surface area is 159 Å². The smallest absolute Gasteiger partial charge is 0.252 e. The van der Waals surface area contributed by atoms with Crippen LogP contribution < -0.4 is 0 Å². The summed E-state index contributed by atoms with van der Waals surface area (Å²) in [6, 6.07) is 11.5. The first-order valence-corrected chi connectivity index (χ1v) is 11.0. The number of rotatable bonds is 5. The van der Waals surface area contributed by atoms with Gasteiger partial charge in [0.05, 0.1) is 0 Å². The minimum absolute atomic E-state index is 0.0961. The lowest BCUT2D eigenvalue weighted by Gasteiger charge is -2.32. The maximum absolute atomic E-state index is 12.7. The highest BCUT2D eigenvalue weighted by atomic mass is 32.2. The molecular formula is C19H24N2O3S2. The van der Waals surface area contributed by atoms with Gasteiger partial charge >= 0.3 is 0 Å². The van der Waals surface area contributed by atoms with Crippen LogP contribution in [0.1, 0.15) is 24.0 Å². The number of aryl methyl sites for hydroxylation is 1. The Morgan fingerprint density at radius 1 is 1.19 bits per heavy atom. The van der Waals surface area contributed by atoms with Gasteiger partial charge in [-0.3, -0.25) is 4.79 Å². The lowest BCUT2D eigenvalue weighted by atomic mass is 9.96. The van der Waals surface area contributed by atoms with Gasteiger partial charge in [-0.1, -0.05) is 35.9 Å². The third-order valence-electron chi connectivity index (χ3n) is 4.81. The zero-order valence-corrected chi connectivity index (χ0v) is 16.7. The summed E-state index contributed by atoms with van der Waals surface area (Å²) < 4.78 is 27.0. The van der Waals surface area contributed by atoms with Crippen molar-refractivity contribution in [2.24, 2.45) is 5.92 Å². The molecule has 0 atom stereocenters. The van der Waals surface area contributed by atoms with E-state index in [0.29, 0.717) is 36.7 Å². The fourth-order valence-electron chi connectivity index (χ4n) is 3.24. The summed E-state index contributed by atoms with van der Waals surface area (Å²) in [4.78, 5) is 14.5. The average molecular weight is 393 g/mol. The minimum Gasteiger partial charge on any atom is -0.341 e. The number of thiophene rings is 1. The molecule has 1 aliphatic rings. The Balaban J connectivity index is 1.57. The lowest BCUT2D eigenvalue weighted by Crippen LogP contribution is -2.43. The van der Waals surface area contributed by atoms with E-state index in [2.05, 4.69) is 0 Å². The molecule has 26 heavy (non-hydrogen) atoms. The molecular weight excluding hydrogens is 368 g/mol. The Morgan fingerprint density at radius 3 is 2.42 bits per heavy atom. The molecule has 3 rings (SSSR count). The fraction of sp³-hybridized carbons (Fsp3) is 0.421. The van der Waals surface area contributed by atoms with Gasteiger partial charge in [-0.15, -0.1) is 11.3 Å². The predicted octanol–water partition coefficient (Wildman–Crippen LogP) is 3.12. The molecule has 0 bridgehead atoms. The molecule has 0 radical (unpaired) electrons. The quantitative estimate of drug-likeness (QED) is 0.786. The topological polar surface area (TPSA) is 57.7 Å². The van der Waals surface area contributed by atoms with Gasteiger partial charge in [0.2, 0.25) is 5.91 Å². The Hall–Kier alpha value is -1.70. The van der Waals surface area contributed by atoms with Crippen LogP contribution in [0.15, 0.2) is 46.0 Å². The summed E-state index contributed by atoms with van der Waals surface area (Å²) >= 11 is 1.23. The van der Waals surface area contributed by atoms with E-state index in [-0.39, 0.29) is 11.8 Å². The predicted molar refractivity (Wildman–Crippen MR) is 103 cm³/mol. The second-order valence-electron chi connectivity index (χ2n) is 6.79. The number of amides is 1. The molecule has 1 fully saturated rings. The second-order valence-corrected chi connectivity index (χ2v) is 9.90. The van der Waals surface area contributed by atoms with Gasteiger partial charge in [0.15, 0.2) is 0 Å². The van der Waals surface area contributed by atoms with Crippen molar-refractivity contribution in [3.63, 3.8) is 0 Å². The number of hydrogen-bond acceptors (Lipinski definition) is 4. The standard InChI is InChI=1S/C19H24N2O3S2/c1-15-5-7-16(8-6-15)14-20(2)19(22)17-9-11-21(12-10-17)26(23,24)18-4-3-13-25-18/h3-8,13,17H,9-12,14H2,1-2H3. The number of carbonyl (C=O) groups excluding carboxylic acids is 1. The van der Waals surface area contributed by atoms with Crippen LogP contribution in [0, 0.1) is 12.8 Å². The first-order valence-electron chi connectivity index (χ1n) is 8.72. The SMILES string of the molecule is Cc1ccc(CN(C)C(=O)C2CCN(S(=O)(=O)c3cccs3)CC2)cc1. The number of carbonyl (C=O) groups is 1. The van der Waals surface area contributed by atoms with Crippen molar-refractivity contribution < 1.29 is 13.2 Å². The molecule has 140 valence electrons. The van der Waals surface area contributed by atoms with Gasteiger partial charge in [0, 0.05) is 32.6 Å². The summed E-state index contributed by atoms with van der Waals surface area (Å²) in [7, 11) is -1.60. The van der Waals surface area contributed by atoms with Gasteiger partial charge in [0.1, 0.15) is 4.21 Å². The molecule has 1 amide bonds. The maximum atomic E-state index is 12.7. The van der Waals surface area contributed by atoms with Crippen molar-refractivity contribution in [1.82, 2.24) is 9.21 Å². The van der Waals surface area contributed by atoms with E-state index in [1.807, 2.05) is 38.2 Å². The van der Waals surface area contributed by atoms with Crippen LogP contribution in [0.4, 0.5) is 0 Å². The van der Waals surface area contributed by atoms with Crippen molar-refractivity contribution in [1.29, 1.82) is 0 Å². The third kappa shape index (κ3) is 4.16. The van der Waals surface area contributed by atoms with E-state index >= 15 is 0 Å². The molecule has 5 nitrogen and oxygen atoms in total. The zero-order valence-electron chi connectivity index (χ0n) is 15.1. The van der Waals surface area contributed by atoms with Gasteiger partial charge < -0.3 is 4.90 Å². The van der Waals surface area contributed by atoms with Crippen LogP contribution >= 0.6 is 11.3 Å². The largest absolute Gasteiger partial charge is 0.341 e. The molecule has 1 aliphatic heterocycles. The highest BCUT2D eigenvalue weighted by molar-refractivity contribution is 7.91. The van der Waals surface area contributed by atoms with Crippen LogP contribution in [0.5, 0.6) is 0 Å². The maximum Gasteiger partial charge on any atom is 0.252 e. The Kier molecular flexibility index (Phi) is 5.79. The number of sulfonamides is 1. The Bertz CT molecular complexity index is 837. The average Bonchev–Trinajstić information content (AvgIpc) is 3.18. The Morgan fingerprint density at radius 2 is 1.85 bits per heavy atom. The first kappa shape index (κ1) is 19.1. The molecule has 0 saturated carbocycles. The van der Waals surface area contributed by atoms with Crippen LogP contribution in [0.3, 0.4) is 0 Å². The summed E-state index contributed by atoms with van der Waals surface area (Å²) in [6.07, 6.45) is 1.14. The van der Waals surface area contributed by atoms with Crippen molar-refractivity contribution in [2.75, 3.05) is 20.1 Å². The highest BCUT2D eigenvalue weighted by Crippen LogP contribution is 2.27. The van der Waals surface area contributed by atoms with Crippen molar-refractivity contribution >= 4 is 27.3 Å². The van der Waals surface area contributed by atoms with E-state index in [1.54, 1.807) is 22.4 Å². The van der Waals surface area contributed by atoms with E-state index in [4.69, 9.17) is 0 Å². The van der Waals surface area contributed by atoms with Crippen LogP contribution in [-0.4, -0.2) is 43.7 Å². The normalized spacial score (nSPS) is 16.5. The monoisotopic (exact) mass is 392 g/mol. The van der Waals surface area contributed by atoms with Crippen molar-refractivity contribution in [2.45, 2.75) is 30.5 Å². The number of piperidine rings is 1. The van der Waals surface area contributed by atoms with Crippen LogP contribution in [0.25, 0.3) is 0 Å². The highest BCUT2D eigenvalue weighted by Gasteiger charge is 2.33. The molecule has 0 aliphatic carbocycles. The van der Waals surface area contributed by atoms with Crippen LogP contribution in [-0.2, 0) is 21.4 Å². The van der Waals surface area contributed by atoms with Gasteiger partial charge in [-0.2, -0.15) is 4.31 Å². The molecule has 2 heterocycles. The van der Waals surface area contributed by atoms with Gasteiger partial charge in [-0.05, 0) is 36.8 Å². The summed E-state index contributed by atoms with van der Waals surface area (Å²) in [5.74, 6) is -0.0148. The van der Waals surface area contributed by atoms with Crippen molar-refractivity contribution in [3.8, 4) is 0 Å². The lowest BCUT2D eigenvalue weighted by molar-refractivity contribution is -0.135. The number of benzene rings is 1. The molecule has 0 N–H and O–H groups in total. The zero-order chi connectivity index (χ0) is 18.7. The molecule has 1 aromatic heterocycles. The van der Waals surface area contributed by atoms with E-state index < -0.39 is 10.0 Å². The van der Waals surface area contributed by atoms with Gasteiger partial charge in [0.25, 0.3) is 10.0 Å². The molecule has 1 saturated heterocycles. The minimum atomic E-state index is -3.41. The molecule has 0 unspecified atom stereocenters. The summed E-state index contributed by atoms with van der Waals surface area (Å²) in [5.41, 5.74) is 2.30. The van der Waals surface area contributed by atoms with Gasteiger partial charge in [-0.25, -0.2) is 8.42 Å². The van der Waals surface area contributed by atoms with E-state index in [9.17, 15) is 13.2 Å². The molecule has 2 aromatic rings. The number of nitrogens with zero attached hydrogens (tertiary/aromatic N) is 2. The summed E-state index contributed by atoms with van der Waals surface area (Å²) in [5, 5.41) is 1.77.